The van der Waals surface area contributed by atoms with Crippen molar-refractivity contribution in [2.24, 2.45) is 0 Å². The van der Waals surface area contributed by atoms with Gasteiger partial charge in [-0.2, -0.15) is 0 Å². The molecule has 0 aromatic carbocycles. The fraction of sp³-hybridized carbons (Fsp3) is 0.733. The second-order valence-corrected chi connectivity index (χ2v) is 6.44. The van der Waals surface area contributed by atoms with Crippen LogP contribution in [0.1, 0.15) is 63.2 Å². The van der Waals surface area contributed by atoms with Crippen LogP contribution in [0, 0.1) is 0 Å². The van der Waals surface area contributed by atoms with Gasteiger partial charge in [0.15, 0.2) is 0 Å². The predicted octanol–water partition coefficient (Wildman–Crippen LogP) is 6.04. The smallest absolute Gasteiger partial charge is 0.0384 e. The third-order valence-corrected chi connectivity index (χ3v) is 4.39. The molecule has 0 spiro atoms. The van der Waals surface area contributed by atoms with E-state index in [0.29, 0.717) is 5.38 Å². The maximum atomic E-state index is 6.34. The number of alkyl halides is 1. The molecule has 0 aliphatic carbocycles. The molecule has 1 atom stereocenters. The highest BCUT2D eigenvalue weighted by Crippen LogP contribution is 2.19. The topological polar surface area (TPSA) is 0 Å². The van der Waals surface area contributed by atoms with Crippen LogP contribution in [0.4, 0.5) is 0 Å². The van der Waals surface area contributed by atoms with E-state index >= 15 is 0 Å². The summed E-state index contributed by atoms with van der Waals surface area (Å²) in [6, 6.07) is 4.29. The van der Waals surface area contributed by atoms with Gasteiger partial charge in [-0.3, -0.25) is 0 Å². The van der Waals surface area contributed by atoms with E-state index in [2.05, 4.69) is 24.4 Å². The first-order valence-corrected chi connectivity index (χ1v) is 8.31. The van der Waals surface area contributed by atoms with Crippen molar-refractivity contribution in [1.29, 1.82) is 0 Å². The predicted molar refractivity (Wildman–Crippen MR) is 80.3 cm³/mol. The number of thiophene rings is 1. The van der Waals surface area contributed by atoms with Crippen LogP contribution in [0.15, 0.2) is 17.5 Å². The molecule has 0 saturated heterocycles. The molecule has 1 unspecified atom stereocenters. The van der Waals surface area contributed by atoms with Crippen LogP contribution >= 0.6 is 22.9 Å². The van der Waals surface area contributed by atoms with Gasteiger partial charge < -0.3 is 0 Å². The molecule has 98 valence electrons. The molecule has 0 amide bonds. The molecule has 0 nitrogen and oxygen atoms in total. The highest BCUT2D eigenvalue weighted by molar-refractivity contribution is 7.09. The van der Waals surface area contributed by atoms with Crippen LogP contribution in [0.3, 0.4) is 0 Å². The second-order valence-electron chi connectivity index (χ2n) is 4.79. The van der Waals surface area contributed by atoms with Crippen LogP contribution < -0.4 is 0 Å². The zero-order chi connectivity index (χ0) is 12.3. The lowest BCUT2D eigenvalue weighted by molar-refractivity contribution is 0.568. The van der Waals surface area contributed by atoms with E-state index in [1.165, 1.54) is 56.2 Å². The minimum absolute atomic E-state index is 0.337. The Hall–Kier alpha value is -0.0100. The van der Waals surface area contributed by atoms with E-state index in [4.69, 9.17) is 11.6 Å². The molecule has 0 bridgehead atoms. The van der Waals surface area contributed by atoms with Gasteiger partial charge >= 0.3 is 0 Å². The second kappa shape index (κ2) is 9.96. The molecule has 0 N–H and O–H groups in total. The third-order valence-electron chi connectivity index (χ3n) is 3.12. The van der Waals surface area contributed by atoms with E-state index in [-0.39, 0.29) is 0 Å². The quantitative estimate of drug-likeness (QED) is 0.360. The largest absolute Gasteiger partial charge is 0.149 e. The van der Waals surface area contributed by atoms with E-state index in [0.717, 1.165) is 6.42 Å². The Labute approximate surface area is 115 Å². The molecular weight excluding hydrogens is 248 g/mol. The average Bonchev–Trinajstić information content (AvgIpc) is 2.80. The first-order chi connectivity index (χ1) is 8.33. The van der Waals surface area contributed by atoms with Crippen molar-refractivity contribution in [3.8, 4) is 0 Å². The van der Waals surface area contributed by atoms with Crippen molar-refractivity contribution in [1.82, 2.24) is 0 Å². The summed E-state index contributed by atoms with van der Waals surface area (Å²) in [6.07, 6.45) is 11.8. The van der Waals surface area contributed by atoms with Crippen molar-refractivity contribution in [2.45, 2.75) is 70.1 Å². The summed E-state index contributed by atoms with van der Waals surface area (Å²) in [5, 5.41) is 2.47. The molecule has 2 heteroatoms. The Morgan fingerprint density at radius 1 is 1.12 bits per heavy atom. The van der Waals surface area contributed by atoms with Crippen molar-refractivity contribution >= 4 is 22.9 Å². The van der Waals surface area contributed by atoms with Crippen molar-refractivity contribution < 1.29 is 0 Å². The van der Waals surface area contributed by atoms with E-state index < -0.39 is 0 Å². The summed E-state index contributed by atoms with van der Waals surface area (Å²) in [4.78, 5) is 1.42. The van der Waals surface area contributed by atoms with Crippen LogP contribution in [0.25, 0.3) is 0 Å². The van der Waals surface area contributed by atoms with Gasteiger partial charge in [0.05, 0.1) is 0 Å². The summed E-state index contributed by atoms with van der Waals surface area (Å²) in [7, 11) is 0. The van der Waals surface area contributed by atoms with Crippen LogP contribution in [-0.2, 0) is 6.42 Å². The van der Waals surface area contributed by atoms with Gasteiger partial charge in [-0.15, -0.1) is 22.9 Å². The third kappa shape index (κ3) is 7.83. The highest BCUT2D eigenvalue weighted by atomic mass is 35.5. The molecule has 1 aromatic rings. The van der Waals surface area contributed by atoms with Crippen LogP contribution in [0.2, 0.25) is 0 Å². The maximum absolute atomic E-state index is 6.34. The van der Waals surface area contributed by atoms with E-state index in [1.807, 2.05) is 11.3 Å². The summed E-state index contributed by atoms with van der Waals surface area (Å²) in [5.41, 5.74) is 0. The minimum Gasteiger partial charge on any atom is -0.149 e. The summed E-state index contributed by atoms with van der Waals surface area (Å²) in [5.74, 6) is 0. The molecule has 1 rings (SSSR count). The SMILES string of the molecule is CCCCCCCCCC(Cl)Cc1cccs1. The number of halogens is 1. The lowest BCUT2D eigenvalue weighted by Crippen LogP contribution is -2.01. The van der Waals surface area contributed by atoms with Gasteiger partial charge in [-0.05, 0) is 24.3 Å². The fourth-order valence-electron chi connectivity index (χ4n) is 2.07. The molecule has 0 radical (unpaired) electrons. The van der Waals surface area contributed by atoms with Crippen LogP contribution in [-0.4, -0.2) is 5.38 Å². The zero-order valence-electron chi connectivity index (χ0n) is 11.0. The molecule has 0 saturated carbocycles. The lowest BCUT2D eigenvalue weighted by atomic mass is 10.1. The Kier molecular flexibility index (Phi) is 8.82. The molecule has 1 heterocycles. The number of unbranched alkanes of at least 4 members (excludes halogenated alkanes) is 6. The van der Waals surface area contributed by atoms with Gasteiger partial charge in [0.2, 0.25) is 0 Å². The standard InChI is InChI=1S/C15H25ClS/c1-2-3-4-5-6-7-8-10-14(16)13-15-11-9-12-17-15/h9,11-12,14H,2-8,10,13H2,1H3. The Balaban J connectivity index is 1.92. The van der Waals surface area contributed by atoms with Crippen molar-refractivity contribution in [3.05, 3.63) is 22.4 Å². The maximum Gasteiger partial charge on any atom is 0.0384 e. The van der Waals surface area contributed by atoms with Crippen molar-refractivity contribution in [2.75, 3.05) is 0 Å². The van der Waals surface area contributed by atoms with Gasteiger partial charge in [0.25, 0.3) is 0 Å². The number of hydrogen-bond acceptors (Lipinski definition) is 1. The number of rotatable bonds is 10. The van der Waals surface area contributed by atoms with Gasteiger partial charge in [-0.1, -0.05) is 57.9 Å². The van der Waals surface area contributed by atoms with Gasteiger partial charge in [0, 0.05) is 10.3 Å². The van der Waals surface area contributed by atoms with Crippen LogP contribution in [0.5, 0.6) is 0 Å². The minimum atomic E-state index is 0.337. The van der Waals surface area contributed by atoms with E-state index in [9.17, 15) is 0 Å². The summed E-state index contributed by atoms with van der Waals surface area (Å²) in [6.45, 7) is 2.27. The van der Waals surface area contributed by atoms with Gasteiger partial charge in [-0.25, -0.2) is 0 Å². The normalized spacial score (nSPS) is 12.8. The molecule has 0 fully saturated rings. The Bertz CT molecular complexity index is 256. The zero-order valence-corrected chi connectivity index (χ0v) is 12.5. The molecule has 17 heavy (non-hydrogen) atoms. The summed E-state index contributed by atoms with van der Waals surface area (Å²) >= 11 is 8.16. The van der Waals surface area contributed by atoms with Crippen molar-refractivity contribution in [3.63, 3.8) is 0 Å². The monoisotopic (exact) mass is 272 g/mol. The highest BCUT2D eigenvalue weighted by Gasteiger charge is 2.06. The Morgan fingerprint density at radius 3 is 2.47 bits per heavy atom. The molecule has 0 aliphatic rings. The average molecular weight is 273 g/mol. The molecular formula is C15H25ClS. The first-order valence-electron chi connectivity index (χ1n) is 6.99. The molecule has 1 aromatic heterocycles. The van der Waals surface area contributed by atoms with Gasteiger partial charge in [0.1, 0.15) is 0 Å². The first kappa shape index (κ1) is 15.0. The fourth-order valence-corrected chi connectivity index (χ4v) is 3.27. The number of hydrogen-bond donors (Lipinski definition) is 0. The Morgan fingerprint density at radius 2 is 1.82 bits per heavy atom. The summed E-state index contributed by atoms with van der Waals surface area (Å²) < 4.78 is 0. The molecule has 0 aliphatic heterocycles. The van der Waals surface area contributed by atoms with E-state index in [1.54, 1.807) is 0 Å². The lowest BCUT2D eigenvalue weighted by Gasteiger charge is -2.07.